The second-order valence-corrected chi connectivity index (χ2v) is 11.5. The molecule has 8 nitrogen and oxygen atoms in total. The van der Waals surface area contributed by atoms with Crippen LogP contribution >= 0.6 is 34.3 Å². The number of pyridine rings is 1. The van der Waals surface area contributed by atoms with E-state index in [-0.39, 0.29) is 5.01 Å². The molecular formula is C30H33ClN4O4S2. The summed E-state index contributed by atoms with van der Waals surface area (Å²) in [6.07, 6.45) is 0. The third-order valence-corrected chi connectivity index (χ3v) is 7.73. The summed E-state index contributed by atoms with van der Waals surface area (Å²) in [5.74, 6) is 1.34. The van der Waals surface area contributed by atoms with Gasteiger partial charge < -0.3 is 20.3 Å². The zero-order valence-electron chi connectivity index (χ0n) is 23.7. The number of hydrogen-bond donors (Lipinski definition) is 2. The molecule has 0 saturated heterocycles. The van der Waals surface area contributed by atoms with Gasteiger partial charge in [-0.1, -0.05) is 45.4 Å². The summed E-state index contributed by atoms with van der Waals surface area (Å²) in [7, 11) is 3.26. The standard InChI is InChI=1S/C16H15ClN2OS.C7H9NO2S.C7H9NO/c1-9(2)15-8-21-16(19-15)14-7-12(17)11-5-4-10(20-3)6-13(11)18-14;1-4(2)5-3-11-6(8-5)7(9)10;1-9-7-4-2-3-6(8)5-7/h4-9H,1-3H3;3-4H,1-2H3,(H,9,10);2-5H,8H2,1H3. The molecule has 0 unspecified atom stereocenters. The summed E-state index contributed by atoms with van der Waals surface area (Å²) < 4.78 is 10.2. The summed E-state index contributed by atoms with van der Waals surface area (Å²) >= 11 is 9.14. The first kappa shape index (κ1) is 31.8. The number of ether oxygens (including phenoxy) is 2. The number of carboxylic acids is 1. The van der Waals surface area contributed by atoms with E-state index in [1.165, 1.54) is 11.3 Å². The van der Waals surface area contributed by atoms with Crippen LogP contribution in [0, 0.1) is 0 Å². The van der Waals surface area contributed by atoms with Crippen molar-refractivity contribution in [3.8, 4) is 22.2 Å². The van der Waals surface area contributed by atoms with Crippen LogP contribution in [-0.4, -0.2) is 40.2 Å². The average molecular weight is 613 g/mol. The highest BCUT2D eigenvalue weighted by Gasteiger charge is 2.12. The van der Waals surface area contributed by atoms with E-state index >= 15 is 0 Å². The number of aromatic carboxylic acids is 1. The normalized spacial score (nSPS) is 10.6. The summed E-state index contributed by atoms with van der Waals surface area (Å²) in [5.41, 5.74) is 9.74. The van der Waals surface area contributed by atoms with Crippen LogP contribution in [0.1, 0.15) is 60.7 Å². The van der Waals surface area contributed by atoms with Gasteiger partial charge in [0.05, 0.1) is 36.1 Å². The van der Waals surface area contributed by atoms with E-state index in [0.29, 0.717) is 16.9 Å². The van der Waals surface area contributed by atoms with Crippen LogP contribution in [0.4, 0.5) is 5.69 Å². The smallest absolute Gasteiger partial charge is 0.365 e. The van der Waals surface area contributed by atoms with Crippen LogP contribution in [0.2, 0.25) is 5.02 Å². The zero-order valence-corrected chi connectivity index (χ0v) is 26.1. The van der Waals surface area contributed by atoms with Crippen LogP contribution in [0.25, 0.3) is 21.6 Å². The van der Waals surface area contributed by atoms with Gasteiger partial charge in [-0.2, -0.15) is 0 Å². The predicted molar refractivity (Wildman–Crippen MR) is 169 cm³/mol. The Hall–Kier alpha value is -3.73. The van der Waals surface area contributed by atoms with Crippen molar-refractivity contribution >= 4 is 56.8 Å². The number of methoxy groups -OCH3 is 2. The zero-order chi connectivity index (χ0) is 30.1. The molecule has 0 atom stereocenters. The van der Waals surface area contributed by atoms with E-state index in [1.807, 2.05) is 56.3 Å². The summed E-state index contributed by atoms with van der Waals surface area (Å²) in [6, 6.07) is 14.9. The first-order valence-electron chi connectivity index (χ1n) is 12.7. The highest BCUT2D eigenvalue weighted by Crippen LogP contribution is 2.32. The number of hydrogen-bond acceptors (Lipinski definition) is 9. The molecule has 3 aromatic heterocycles. The number of nitrogens with two attached hydrogens (primary N) is 1. The number of nitrogen functional groups attached to an aromatic ring is 1. The maximum atomic E-state index is 10.4. The molecule has 5 aromatic rings. The molecule has 0 radical (unpaired) electrons. The lowest BCUT2D eigenvalue weighted by Crippen LogP contribution is -1.96. The molecule has 0 aliphatic heterocycles. The molecule has 41 heavy (non-hydrogen) atoms. The van der Waals surface area contributed by atoms with Crippen molar-refractivity contribution < 1.29 is 19.4 Å². The number of carbonyl (C=O) groups is 1. The van der Waals surface area contributed by atoms with Crippen molar-refractivity contribution in [1.29, 1.82) is 0 Å². The third kappa shape index (κ3) is 8.88. The molecule has 11 heteroatoms. The Kier molecular flexibility index (Phi) is 11.5. The maximum Gasteiger partial charge on any atom is 0.365 e. The minimum absolute atomic E-state index is 0.175. The van der Waals surface area contributed by atoms with Gasteiger partial charge in [0, 0.05) is 34.0 Å². The van der Waals surface area contributed by atoms with Crippen LogP contribution in [0.15, 0.2) is 59.3 Å². The van der Waals surface area contributed by atoms with Gasteiger partial charge in [-0.05, 0) is 42.2 Å². The fraction of sp³-hybridized carbons (Fsp3) is 0.267. The topological polar surface area (TPSA) is 120 Å². The largest absolute Gasteiger partial charge is 0.497 e. The number of benzene rings is 2. The Morgan fingerprint density at radius 3 is 2.02 bits per heavy atom. The second-order valence-electron chi connectivity index (χ2n) is 9.42. The van der Waals surface area contributed by atoms with Crippen molar-refractivity contribution in [3.05, 3.63) is 80.7 Å². The van der Waals surface area contributed by atoms with E-state index in [9.17, 15) is 4.79 Å². The minimum Gasteiger partial charge on any atom is -0.497 e. The van der Waals surface area contributed by atoms with Gasteiger partial charge in [0.2, 0.25) is 5.01 Å². The second kappa shape index (κ2) is 14.8. The molecule has 0 spiro atoms. The summed E-state index contributed by atoms with van der Waals surface area (Å²) in [4.78, 5) is 23.6. The molecule has 0 aliphatic carbocycles. The molecule has 0 bridgehead atoms. The number of rotatable bonds is 6. The van der Waals surface area contributed by atoms with Crippen LogP contribution in [0.3, 0.4) is 0 Å². The van der Waals surface area contributed by atoms with E-state index in [0.717, 1.165) is 50.2 Å². The molecule has 2 aromatic carbocycles. The van der Waals surface area contributed by atoms with Crippen LogP contribution in [0.5, 0.6) is 11.5 Å². The first-order chi connectivity index (χ1) is 19.5. The number of thiazole rings is 2. The van der Waals surface area contributed by atoms with Gasteiger partial charge in [-0.25, -0.2) is 19.7 Å². The van der Waals surface area contributed by atoms with Gasteiger partial charge in [0.15, 0.2) is 0 Å². The Labute approximate surface area is 252 Å². The van der Waals surface area contributed by atoms with Crippen LogP contribution < -0.4 is 15.2 Å². The lowest BCUT2D eigenvalue weighted by atomic mass is 10.1. The molecule has 0 fully saturated rings. The summed E-state index contributed by atoms with van der Waals surface area (Å²) in [6.45, 7) is 8.23. The predicted octanol–water partition coefficient (Wildman–Crippen LogP) is 8.39. The Balaban J connectivity index is 0.000000193. The monoisotopic (exact) mass is 612 g/mol. The molecule has 5 rings (SSSR count). The van der Waals surface area contributed by atoms with Crippen molar-refractivity contribution in [3.63, 3.8) is 0 Å². The van der Waals surface area contributed by atoms with Crippen molar-refractivity contribution in [2.24, 2.45) is 0 Å². The van der Waals surface area contributed by atoms with E-state index < -0.39 is 5.97 Å². The molecule has 216 valence electrons. The van der Waals surface area contributed by atoms with E-state index in [2.05, 4.69) is 34.2 Å². The fourth-order valence-electron chi connectivity index (χ4n) is 3.36. The quantitative estimate of drug-likeness (QED) is 0.183. The maximum absolute atomic E-state index is 10.4. The lowest BCUT2D eigenvalue weighted by Gasteiger charge is -2.05. The number of anilines is 1. The Morgan fingerprint density at radius 1 is 0.878 bits per heavy atom. The van der Waals surface area contributed by atoms with Gasteiger partial charge in [0.1, 0.15) is 22.2 Å². The molecular weight excluding hydrogens is 580 g/mol. The third-order valence-electron chi connectivity index (χ3n) is 5.69. The molecule has 0 aliphatic rings. The van der Waals surface area contributed by atoms with Gasteiger partial charge >= 0.3 is 5.97 Å². The SMILES string of the molecule is CC(C)c1csc(C(=O)O)n1.COc1ccc2c(Cl)cc(-c3nc(C(C)C)cs3)nc2c1.COc1cccc(N)c1. The summed E-state index contributed by atoms with van der Waals surface area (Å²) in [5, 5.41) is 15.1. The molecule has 3 heterocycles. The Morgan fingerprint density at radius 2 is 1.51 bits per heavy atom. The highest BCUT2D eigenvalue weighted by atomic mass is 35.5. The highest BCUT2D eigenvalue weighted by molar-refractivity contribution is 7.13. The molecule has 3 N–H and O–H groups in total. The first-order valence-corrected chi connectivity index (χ1v) is 14.8. The number of fused-ring (bicyclic) bond motifs is 1. The average Bonchev–Trinajstić information content (AvgIpc) is 3.65. The van der Waals surface area contributed by atoms with Crippen molar-refractivity contribution in [2.75, 3.05) is 20.0 Å². The fourth-order valence-corrected chi connectivity index (χ4v) is 5.38. The number of carboxylic acid groups (broad SMARTS) is 1. The number of nitrogens with zero attached hydrogens (tertiary/aromatic N) is 3. The van der Waals surface area contributed by atoms with Crippen LogP contribution in [-0.2, 0) is 0 Å². The van der Waals surface area contributed by atoms with Gasteiger partial charge in [-0.15, -0.1) is 22.7 Å². The molecule has 0 amide bonds. The molecule has 0 saturated carbocycles. The van der Waals surface area contributed by atoms with Crippen molar-refractivity contribution in [1.82, 2.24) is 15.0 Å². The van der Waals surface area contributed by atoms with Gasteiger partial charge in [0.25, 0.3) is 0 Å². The number of aromatic nitrogens is 3. The lowest BCUT2D eigenvalue weighted by molar-refractivity contribution is 0.0696. The van der Waals surface area contributed by atoms with Gasteiger partial charge in [-0.3, -0.25) is 0 Å². The minimum atomic E-state index is -0.943. The van der Waals surface area contributed by atoms with E-state index in [4.69, 9.17) is 31.9 Å². The van der Waals surface area contributed by atoms with E-state index in [1.54, 1.807) is 37.0 Å². The number of halogens is 1. The van der Waals surface area contributed by atoms with Crippen molar-refractivity contribution in [2.45, 2.75) is 39.5 Å². The Bertz CT molecular complexity index is 1600.